The van der Waals surface area contributed by atoms with Crippen LogP contribution in [0.2, 0.25) is 0 Å². The second-order valence-electron chi connectivity index (χ2n) is 5.88. The number of nitrogens with one attached hydrogen (secondary N) is 2. The van der Waals surface area contributed by atoms with Crippen molar-refractivity contribution in [2.45, 2.75) is 46.2 Å². The van der Waals surface area contributed by atoms with E-state index in [9.17, 15) is 0 Å². The summed E-state index contributed by atoms with van der Waals surface area (Å²) in [6, 6.07) is 8.58. The van der Waals surface area contributed by atoms with E-state index in [2.05, 4.69) is 58.3 Å². The number of benzene rings is 1. The fourth-order valence-corrected chi connectivity index (χ4v) is 2.51. The highest BCUT2D eigenvalue weighted by Gasteiger charge is 2.00. The Labute approximate surface area is 168 Å². The van der Waals surface area contributed by atoms with Gasteiger partial charge in [-0.1, -0.05) is 44.0 Å². The Bertz CT molecular complexity index is 610. The smallest absolute Gasteiger partial charge is 0.191 e. The van der Waals surface area contributed by atoms with Crippen LogP contribution in [0, 0.1) is 0 Å². The van der Waals surface area contributed by atoms with Crippen molar-refractivity contribution in [1.29, 1.82) is 0 Å². The summed E-state index contributed by atoms with van der Waals surface area (Å²) in [5.74, 6) is 0.897. The Morgan fingerprint density at radius 1 is 1.16 bits per heavy atom. The van der Waals surface area contributed by atoms with Crippen LogP contribution < -0.4 is 10.6 Å². The number of hydrogen-bond acceptors (Lipinski definition) is 2. The number of halogens is 1. The lowest BCUT2D eigenvalue weighted by Crippen LogP contribution is -2.37. The lowest BCUT2D eigenvalue weighted by Gasteiger charge is -2.11. The Hall–Kier alpha value is -1.57. The van der Waals surface area contributed by atoms with Gasteiger partial charge in [0.1, 0.15) is 0 Å². The topological polar surface area (TPSA) is 54.2 Å². The van der Waals surface area contributed by atoms with E-state index in [0.29, 0.717) is 6.54 Å². The average molecular weight is 455 g/mol. The predicted molar refractivity (Wildman–Crippen MR) is 116 cm³/mol. The Balaban J connectivity index is 0.00000312. The van der Waals surface area contributed by atoms with E-state index >= 15 is 0 Å². The highest BCUT2D eigenvalue weighted by Crippen LogP contribution is 2.08. The second-order valence-corrected chi connectivity index (χ2v) is 5.88. The highest BCUT2D eigenvalue weighted by atomic mass is 127. The molecule has 0 radical (unpaired) electrons. The molecule has 0 aliphatic carbocycles. The molecule has 0 saturated heterocycles. The standard InChI is InChI=1S/C19H29N5.HI/c1-3-5-6-10-22-19(21-4-2)23-14-17-8-7-9-18(13-17)15-24-12-11-20-16-24;/h7-9,11-13,16H,3-6,10,14-15H2,1-2H3,(H2,21,22,23);1H. The molecule has 2 rings (SSSR count). The normalized spacial score (nSPS) is 11.0. The summed E-state index contributed by atoms with van der Waals surface area (Å²) in [6.45, 7) is 7.68. The molecule has 0 fully saturated rings. The molecule has 1 aromatic heterocycles. The molecular formula is C19H30IN5. The van der Waals surface area contributed by atoms with Crippen LogP contribution in [0.25, 0.3) is 0 Å². The van der Waals surface area contributed by atoms with Crippen LogP contribution >= 0.6 is 24.0 Å². The van der Waals surface area contributed by atoms with Crippen molar-refractivity contribution in [3.05, 3.63) is 54.1 Å². The number of unbranched alkanes of at least 4 members (excludes halogenated alkanes) is 2. The quantitative estimate of drug-likeness (QED) is 0.262. The first-order chi connectivity index (χ1) is 11.8. The van der Waals surface area contributed by atoms with Crippen molar-refractivity contribution in [2.75, 3.05) is 13.1 Å². The van der Waals surface area contributed by atoms with Gasteiger partial charge in [0.2, 0.25) is 0 Å². The second kappa shape index (κ2) is 12.7. The van der Waals surface area contributed by atoms with Crippen molar-refractivity contribution >= 4 is 29.9 Å². The molecule has 6 heteroatoms. The van der Waals surface area contributed by atoms with E-state index in [4.69, 9.17) is 4.99 Å². The van der Waals surface area contributed by atoms with Gasteiger partial charge in [0.15, 0.2) is 5.96 Å². The maximum atomic E-state index is 4.69. The molecule has 0 atom stereocenters. The van der Waals surface area contributed by atoms with E-state index in [-0.39, 0.29) is 24.0 Å². The van der Waals surface area contributed by atoms with Crippen LogP contribution in [0.5, 0.6) is 0 Å². The summed E-state index contributed by atoms with van der Waals surface area (Å²) in [5.41, 5.74) is 2.49. The number of rotatable bonds is 9. The summed E-state index contributed by atoms with van der Waals surface area (Å²) < 4.78 is 2.07. The zero-order valence-corrected chi connectivity index (χ0v) is 17.6. The monoisotopic (exact) mass is 455 g/mol. The first-order valence-corrected chi connectivity index (χ1v) is 8.87. The SMILES string of the molecule is CCCCCNC(=NCc1cccc(Cn2ccnc2)c1)NCC.I. The van der Waals surface area contributed by atoms with Gasteiger partial charge >= 0.3 is 0 Å². The highest BCUT2D eigenvalue weighted by molar-refractivity contribution is 14.0. The van der Waals surface area contributed by atoms with Crippen molar-refractivity contribution < 1.29 is 0 Å². The molecule has 5 nitrogen and oxygen atoms in total. The lowest BCUT2D eigenvalue weighted by molar-refractivity contribution is 0.683. The lowest BCUT2D eigenvalue weighted by atomic mass is 10.1. The minimum Gasteiger partial charge on any atom is -0.357 e. The van der Waals surface area contributed by atoms with Gasteiger partial charge in [-0.3, -0.25) is 0 Å². The zero-order valence-electron chi connectivity index (χ0n) is 15.2. The number of hydrogen-bond donors (Lipinski definition) is 2. The minimum atomic E-state index is 0. The van der Waals surface area contributed by atoms with Gasteiger partial charge < -0.3 is 15.2 Å². The first kappa shape index (κ1) is 21.5. The molecule has 2 N–H and O–H groups in total. The zero-order chi connectivity index (χ0) is 17.0. The van der Waals surface area contributed by atoms with E-state index in [1.165, 1.54) is 30.4 Å². The number of nitrogens with zero attached hydrogens (tertiary/aromatic N) is 3. The van der Waals surface area contributed by atoms with Gasteiger partial charge in [0.25, 0.3) is 0 Å². The fourth-order valence-electron chi connectivity index (χ4n) is 2.51. The third-order valence-electron chi connectivity index (χ3n) is 3.75. The Morgan fingerprint density at radius 3 is 2.72 bits per heavy atom. The Kier molecular flexibility index (Phi) is 10.9. The summed E-state index contributed by atoms with van der Waals surface area (Å²) >= 11 is 0. The van der Waals surface area contributed by atoms with E-state index < -0.39 is 0 Å². The Morgan fingerprint density at radius 2 is 2.00 bits per heavy atom. The molecule has 0 saturated carbocycles. The molecule has 25 heavy (non-hydrogen) atoms. The molecule has 1 heterocycles. The van der Waals surface area contributed by atoms with Gasteiger partial charge in [-0.05, 0) is 24.5 Å². The third kappa shape index (κ3) is 8.38. The minimum absolute atomic E-state index is 0. The number of aliphatic imine (C=N–C) groups is 1. The molecule has 0 unspecified atom stereocenters. The maximum Gasteiger partial charge on any atom is 0.191 e. The van der Waals surface area contributed by atoms with Crippen molar-refractivity contribution in [2.24, 2.45) is 4.99 Å². The summed E-state index contributed by atoms with van der Waals surface area (Å²) in [5, 5.41) is 6.71. The fraction of sp³-hybridized carbons (Fsp3) is 0.474. The van der Waals surface area contributed by atoms with Gasteiger partial charge in [0.05, 0.1) is 12.9 Å². The largest absolute Gasteiger partial charge is 0.357 e. The summed E-state index contributed by atoms with van der Waals surface area (Å²) in [6.07, 6.45) is 9.30. The van der Waals surface area contributed by atoms with Gasteiger partial charge in [-0.2, -0.15) is 0 Å². The van der Waals surface area contributed by atoms with E-state index in [1.807, 2.05) is 12.5 Å². The van der Waals surface area contributed by atoms with Crippen LogP contribution in [0.4, 0.5) is 0 Å². The van der Waals surface area contributed by atoms with Crippen LogP contribution in [0.15, 0.2) is 48.0 Å². The molecule has 0 amide bonds. The number of imidazole rings is 1. The number of guanidine groups is 1. The molecule has 0 aliphatic heterocycles. The molecule has 0 bridgehead atoms. The van der Waals surface area contributed by atoms with Crippen molar-refractivity contribution in [1.82, 2.24) is 20.2 Å². The van der Waals surface area contributed by atoms with Crippen LogP contribution in [-0.2, 0) is 13.1 Å². The van der Waals surface area contributed by atoms with Crippen LogP contribution in [-0.4, -0.2) is 28.6 Å². The van der Waals surface area contributed by atoms with E-state index in [0.717, 1.165) is 25.6 Å². The van der Waals surface area contributed by atoms with Gasteiger partial charge in [-0.25, -0.2) is 9.98 Å². The summed E-state index contributed by atoms with van der Waals surface area (Å²) in [7, 11) is 0. The first-order valence-electron chi connectivity index (χ1n) is 8.87. The molecule has 2 aromatic rings. The van der Waals surface area contributed by atoms with Crippen LogP contribution in [0.3, 0.4) is 0 Å². The molecule has 138 valence electrons. The molecule has 0 spiro atoms. The molecule has 1 aromatic carbocycles. The maximum absolute atomic E-state index is 4.69. The molecule has 0 aliphatic rings. The van der Waals surface area contributed by atoms with E-state index in [1.54, 1.807) is 6.20 Å². The number of aromatic nitrogens is 2. The predicted octanol–water partition coefficient (Wildman–Crippen LogP) is 3.79. The average Bonchev–Trinajstić information content (AvgIpc) is 3.10. The third-order valence-corrected chi connectivity index (χ3v) is 3.75. The van der Waals surface area contributed by atoms with Crippen molar-refractivity contribution in [3.63, 3.8) is 0 Å². The van der Waals surface area contributed by atoms with Gasteiger partial charge in [-0.15, -0.1) is 24.0 Å². The summed E-state index contributed by atoms with van der Waals surface area (Å²) in [4.78, 5) is 8.78. The molecular weight excluding hydrogens is 425 g/mol. The van der Waals surface area contributed by atoms with Crippen LogP contribution in [0.1, 0.15) is 44.2 Å². The van der Waals surface area contributed by atoms with Crippen molar-refractivity contribution in [3.8, 4) is 0 Å². The van der Waals surface area contributed by atoms with Gasteiger partial charge in [0, 0.05) is 32.0 Å².